The molecule has 0 radical (unpaired) electrons. The Morgan fingerprint density at radius 3 is 2.48 bits per heavy atom. The van der Waals surface area contributed by atoms with Crippen molar-refractivity contribution in [3.8, 4) is 0 Å². The van der Waals surface area contributed by atoms with Crippen molar-refractivity contribution in [2.24, 2.45) is 4.99 Å². The first-order valence-corrected chi connectivity index (χ1v) is 10.6. The van der Waals surface area contributed by atoms with E-state index in [9.17, 15) is 0 Å². The van der Waals surface area contributed by atoms with E-state index < -0.39 is 0 Å². The fraction of sp³-hybridized carbons (Fsp3) is 0.458. The van der Waals surface area contributed by atoms with Crippen LogP contribution in [0.2, 0.25) is 0 Å². The summed E-state index contributed by atoms with van der Waals surface area (Å²) >= 11 is 0. The molecule has 0 bridgehead atoms. The molecular formula is C24H35N5. The predicted octanol–water partition coefficient (Wildman–Crippen LogP) is 3.08. The number of hydrogen-bond donors (Lipinski definition) is 2. The van der Waals surface area contributed by atoms with Crippen molar-refractivity contribution in [1.82, 2.24) is 20.4 Å². The van der Waals surface area contributed by atoms with Gasteiger partial charge < -0.3 is 15.5 Å². The van der Waals surface area contributed by atoms with Gasteiger partial charge in [0, 0.05) is 39.3 Å². The van der Waals surface area contributed by atoms with E-state index in [0.29, 0.717) is 6.04 Å². The van der Waals surface area contributed by atoms with Gasteiger partial charge in [-0.3, -0.25) is 9.89 Å². The summed E-state index contributed by atoms with van der Waals surface area (Å²) in [6.45, 7) is 4.84. The molecule has 1 saturated heterocycles. The Labute approximate surface area is 175 Å². The van der Waals surface area contributed by atoms with Crippen molar-refractivity contribution in [3.05, 3.63) is 71.3 Å². The van der Waals surface area contributed by atoms with Crippen molar-refractivity contribution in [3.63, 3.8) is 0 Å². The lowest BCUT2D eigenvalue weighted by Crippen LogP contribution is -2.44. The number of nitrogens with zero attached hydrogens (tertiary/aromatic N) is 3. The molecule has 0 spiro atoms. The number of nitrogens with one attached hydrogen (secondary N) is 2. The smallest absolute Gasteiger partial charge is 0.191 e. The zero-order valence-corrected chi connectivity index (χ0v) is 18.1. The molecule has 1 unspecified atom stereocenters. The first kappa shape index (κ1) is 21.3. The van der Waals surface area contributed by atoms with E-state index >= 15 is 0 Å². The minimum absolute atomic E-state index is 0.551. The van der Waals surface area contributed by atoms with Crippen LogP contribution in [0.15, 0.2) is 59.6 Å². The highest BCUT2D eigenvalue weighted by molar-refractivity contribution is 5.79. The highest BCUT2D eigenvalue weighted by atomic mass is 15.2. The van der Waals surface area contributed by atoms with Crippen molar-refractivity contribution in [2.45, 2.75) is 38.5 Å². The van der Waals surface area contributed by atoms with Crippen LogP contribution in [0.3, 0.4) is 0 Å². The number of aliphatic imine (C=N–C) groups is 1. The van der Waals surface area contributed by atoms with Crippen molar-refractivity contribution >= 4 is 5.96 Å². The van der Waals surface area contributed by atoms with E-state index in [-0.39, 0.29) is 0 Å². The van der Waals surface area contributed by atoms with Crippen molar-refractivity contribution in [1.29, 1.82) is 0 Å². The van der Waals surface area contributed by atoms with Gasteiger partial charge >= 0.3 is 0 Å². The van der Waals surface area contributed by atoms with Gasteiger partial charge in [0.25, 0.3) is 0 Å². The first-order valence-electron chi connectivity index (χ1n) is 10.6. The summed E-state index contributed by atoms with van der Waals surface area (Å²) in [4.78, 5) is 9.22. The van der Waals surface area contributed by atoms with E-state index in [4.69, 9.17) is 0 Å². The summed E-state index contributed by atoms with van der Waals surface area (Å²) in [6.07, 6.45) is 2.51. The Bertz CT molecular complexity index is 772. The fourth-order valence-corrected chi connectivity index (χ4v) is 3.99. The molecule has 29 heavy (non-hydrogen) atoms. The SMILES string of the molecule is CN=C(NCc1ccccc1CN(C)C)NCC1CCCN1Cc1ccccc1. The lowest BCUT2D eigenvalue weighted by Gasteiger charge is -2.25. The molecule has 0 saturated carbocycles. The molecule has 0 amide bonds. The normalized spacial score (nSPS) is 17.7. The Kier molecular flexibility index (Phi) is 8.08. The Morgan fingerprint density at radius 2 is 1.76 bits per heavy atom. The second kappa shape index (κ2) is 11.0. The van der Waals surface area contributed by atoms with Crippen LogP contribution in [0.4, 0.5) is 0 Å². The molecule has 156 valence electrons. The molecule has 1 aliphatic rings. The summed E-state index contributed by atoms with van der Waals surface area (Å²) in [7, 11) is 6.05. The lowest BCUT2D eigenvalue weighted by molar-refractivity contribution is 0.245. The van der Waals surface area contributed by atoms with Crippen LogP contribution < -0.4 is 10.6 Å². The molecule has 5 heteroatoms. The topological polar surface area (TPSA) is 42.9 Å². The second-order valence-corrected chi connectivity index (χ2v) is 8.07. The molecule has 2 aromatic rings. The Morgan fingerprint density at radius 1 is 1.03 bits per heavy atom. The van der Waals surface area contributed by atoms with E-state index in [2.05, 4.69) is 94.1 Å². The number of likely N-dealkylation sites (tertiary alicyclic amines) is 1. The van der Waals surface area contributed by atoms with Gasteiger partial charge in [0.1, 0.15) is 0 Å². The third-order valence-corrected chi connectivity index (χ3v) is 5.51. The number of benzene rings is 2. The molecule has 1 fully saturated rings. The summed E-state index contributed by atoms with van der Waals surface area (Å²) in [6, 6.07) is 19.9. The maximum Gasteiger partial charge on any atom is 0.191 e. The first-order chi connectivity index (χ1) is 14.2. The number of rotatable bonds is 8. The van der Waals surface area contributed by atoms with Crippen LogP contribution >= 0.6 is 0 Å². The number of guanidine groups is 1. The maximum atomic E-state index is 4.43. The average molecular weight is 394 g/mol. The van der Waals surface area contributed by atoms with Gasteiger partial charge in [-0.1, -0.05) is 54.6 Å². The van der Waals surface area contributed by atoms with Gasteiger partial charge in [-0.15, -0.1) is 0 Å². The van der Waals surface area contributed by atoms with Crippen LogP contribution in [0.1, 0.15) is 29.5 Å². The molecular weight excluding hydrogens is 358 g/mol. The predicted molar refractivity (Wildman–Crippen MR) is 122 cm³/mol. The number of hydrogen-bond acceptors (Lipinski definition) is 3. The summed E-state index contributed by atoms with van der Waals surface area (Å²) < 4.78 is 0. The van der Waals surface area contributed by atoms with Gasteiger partial charge in [-0.05, 0) is 50.2 Å². The summed E-state index contributed by atoms with van der Waals surface area (Å²) in [5, 5.41) is 7.03. The largest absolute Gasteiger partial charge is 0.355 e. The zero-order valence-electron chi connectivity index (χ0n) is 18.1. The monoisotopic (exact) mass is 393 g/mol. The van der Waals surface area contributed by atoms with Gasteiger partial charge in [-0.2, -0.15) is 0 Å². The lowest BCUT2D eigenvalue weighted by atomic mass is 10.1. The quantitative estimate of drug-likeness (QED) is 0.534. The third kappa shape index (κ3) is 6.58. The minimum atomic E-state index is 0.551. The highest BCUT2D eigenvalue weighted by Crippen LogP contribution is 2.19. The molecule has 1 aliphatic heterocycles. The van der Waals surface area contributed by atoms with E-state index in [1.54, 1.807) is 0 Å². The molecule has 3 rings (SSSR count). The molecule has 0 aromatic heterocycles. The van der Waals surface area contributed by atoms with E-state index in [1.807, 2.05) is 7.05 Å². The van der Waals surface area contributed by atoms with E-state index in [1.165, 1.54) is 36.1 Å². The van der Waals surface area contributed by atoms with Crippen LogP contribution in [0, 0.1) is 0 Å². The molecule has 1 heterocycles. The maximum absolute atomic E-state index is 4.43. The minimum Gasteiger partial charge on any atom is -0.355 e. The van der Waals surface area contributed by atoms with Crippen LogP contribution in [0.5, 0.6) is 0 Å². The van der Waals surface area contributed by atoms with Crippen LogP contribution in [-0.2, 0) is 19.6 Å². The van der Waals surface area contributed by atoms with E-state index in [0.717, 1.165) is 32.1 Å². The van der Waals surface area contributed by atoms with Crippen LogP contribution in [0.25, 0.3) is 0 Å². The molecule has 0 aliphatic carbocycles. The van der Waals surface area contributed by atoms with Gasteiger partial charge in [0.2, 0.25) is 0 Å². The average Bonchev–Trinajstić information content (AvgIpc) is 3.16. The van der Waals surface area contributed by atoms with Gasteiger partial charge in [0.05, 0.1) is 0 Å². The molecule has 2 N–H and O–H groups in total. The van der Waals surface area contributed by atoms with Gasteiger partial charge in [0.15, 0.2) is 5.96 Å². The second-order valence-electron chi connectivity index (χ2n) is 8.07. The highest BCUT2D eigenvalue weighted by Gasteiger charge is 2.24. The molecule has 5 nitrogen and oxygen atoms in total. The third-order valence-electron chi connectivity index (χ3n) is 5.51. The van der Waals surface area contributed by atoms with Crippen molar-refractivity contribution < 1.29 is 0 Å². The standard InChI is InChI=1S/C24H35N5/c1-25-24(26-16-21-12-7-8-13-22(21)19-28(2)3)27-17-23-14-9-15-29(23)18-20-10-5-4-6-11-20/h4-8,10-13,23H,9,14-19H2,1-3H3,(H2,25,26,27). The zero-order chi connectivity index (χ0) is 20.5. The van der Waals surface area contributed by atoms with Gasteiger partial charge in [-0.25, -0.2) is 0 Å². The molecule has 1 atom stereocenters. The summed E-state index contributed by atoms with van der Waals surface area (Å²) in [5.41, 5.74) is 4.06. The van der Waals surface area contributed by atoms with Crippen molar-refractivity contribution in [2.75, 3.05) is 34.2 Å². The Balaban J connectivity index is 1.50. The Hall–Kier alpha value is -2.37. The van der Waals surface area contributed by atoms with Crippen LogP contribution in [-0.4, -0.2) is 56.0 Å². The summed E-state index contributed by atoms with van der Waals surface area (Å²) in [5.74, 6) is 0.871. The molecule has 2 aromatic carbocycles. The fourth-order valence-electron chi connectivity index (χ4n) is 3.99.